The fourth-order valence-corrected chi connectivity index (χ4v) is 2.39. The fourth-order valence-electron chi connectivity index (χ4n) is 2.39. The van der Waals surface area contributed by atoms with Crippen molar-refractivity contribution < 1.29 is 13.2 Å². The summed E-state index contributed by atoms with van der Waals surface area (Å²) in [6.45, 7) is 5.89. The summed E-state index contributed by atoms with van der Waals surface area (Å²) in [5.74, 6) is -3.13. The SMILES string of the molecule is Cc1nn(-c2cc(F)c(F)cc2F)c(C)c1C(C)CN. The van der Waals surface area contributed by atoms with Gasteiger partial charge in [0.15, 0.2) is 17.5 Å². The zero-order valence-corrected chi connectivity index (χ0v) is 11.5. The zero-order valence-electron chi connectivity index (χ0n) is 11.5. The van der Waals surface area contributed by atoms with Crippen LogP contribution in [0, 0.1) is 31.3 Å². The summed E-state index contributed by atoms with van der Waals surface area (Å²) in [5.41, 5.74) is 7.80. The van der Waals surface area contributed by atoms with E-state index in [-0.39, 0.29) is 11.6 Å². The zero-order chi connectivity index (χ0) is 15.0. The molecule has 1 heterocycles. The van der Waals surface area contributed by atoms with Crippen molar-refractivity contribution in [2.45, 2.75) is 26.7 Å². The van der Waals surface area contributed by atoms with Gasteiger partial charge in [-0.2, -0.15) is 5.10 Å². The Balaban J connectivity index is 2.63. The number of aromatic nitrogens is 2. The van der Waals surface area contributed by atoms with Gasteiger partial charge in [0.05, 0.1) is 5.69 Å². The van der Waals surface area contributed by atoms with E-state index in [2.05, 4.69) is 5.10 Å². The van der Waals surface area contributed by atoms with Gasteiger partial charge in [-0.3, -0.25) is 0 Å². The number of hydrogen-bond donors (Lipinski definition) is 1. The molecule has 108 valence electrons. The first-order valence-electron chi connectivity index (χ1n) is 6.27. The maximum Gasteiger partial charge on any atom is 0.161 e. The molecule has 0 saturated carbocycles. The van der Waals surface area contributed by atoms with E-state index in [1.807, 2.05) is 6.92 Å². The Bertz CT molecular complexity index is 650. The second-order valence-corrected chi connectivity index (χ2v) is 4.85. The summed E-state index contributed by atoms with van der Waals surface area (Å²) in [4.78, 5) is 0. The Kier molecular flexibility index (Phi) is 3.85. The average molecular weight is 283 g/mol. The van der Waals surface area contributed by atoms with Crippen LogP contribution in [0.3, 0.4) is 0 Å². The Morgan fingerprint density at radius 3 is 2.35 bits per heavy atom. The van der Waals surface area contributed by atoms with Crippen LogP contribution in [-0.4, -0.2) is 16.3 Å². The van der Waals surface area contributed by atoms with Crippen molar-refractivity contribution in [1.82, 2.24) is 9.78 Å². The van der Waals surface area contributed by atoms with E-state index in [0.29, 0.717) is 24.0 Å². The van der Waals surface area contributed by atoms with E-state index >= 15 is 0 Å². The molecule has 1 unspecified atom stereocenters. The highest BCUT2D eigenvalue weighted by Crippen LogP contribution is 2.26. The van der Waals surface area contributed by atoms with Crippen molar-refractivity contribution in [2.24, 2.45) is 5.73 Å². The number of nitrogens with two attached hydrogens (primary N) is 1. The lowest BCUT2D eigenvalue weighted by molar-refractivity contribution is 0.491. The summed E-state index contributed by atoms with van der Waals surface area (Å²) < 4.78 is 41.4. The first kappa shape index (κ1) is 14.6. The molecule has 0 saturated heterocycles. The minimum atomic E-state index is -1.22. The first-order chi connectivity index (χ1) is 9.36. The predicted octanol–water partition coefficient (Wildman–Crippen LogP) is 2.97. The second-order valence-electron chi connectivity index (χ2n) is 4.85. The third-order valence-corrected chi connectivity index (χ3v) is 3.41. The molecule has 2 rings (SSSR count). The third kappa shape index (κ3) is 2.31. The molecule has 6 heteroatoms. The standard InChI is InChI=1S/C14H16F3N3/c1-7(6-18)14-8(2)19-20(9(14)3)13-5-11(16)10(15)4-12(13)17/h4-5,7H,6,18H2,1-3H3. The number of nitrogens with zero attached hydrogens (tertiary/aromatic N) is 2. The second kappa shape index (κ2) is 5.28. The summed E-state index contributed by atoms with van der Waals surface area (Å²) in [5, 5.41) is 4.21. The quantitative estimate of drug-likeness (QED) is 0.880. The first-order valence-corrected chi connectivity index (χ1v) is 6.27. The molecule has 0 amide bonds. The minimum absolute atomic E-state index is 0.0529. The monoisotopic (exact) mass is 283 g/mol. The molecule has 2 aromatic rings. The lowest BCUT2D eigenvalue weighted by Crippen LogP contribution is -2.11. The fraction of sp³-hybridized carbons (Fsp3) is 0.357. The summed E-state index contributed by atoms with van der Waals surface area (Å²) in [6.07, 6.45) is 0. The van der Waals surface area contributed by atoms with Gasteiger partial charge in [0.2, 0.25) is 0 Å². The van der Waals surface area contributed by atoms with Crippen LogP contribution in [0.2, 0.25) is 0 Å². The smallest absolute Gasteiger partial charge is 0.161 e. The van der Waals surface area contributed by atoms with Gasteiger partial charge in [-0.25, -0.2) is 17.9 Å². The van der Waals surface area contributed by atoms with Gasteiger partial charge in [0.25, 0.3) is 0 Å². The maximum atomic E-state index is 13.8. The van der Waals surface area contributed by atoms with Gasteiger partial charge >= 0.3 is 0 Å². The highest BCUT2D eigenvalue weighted by molar-refractivity contribution is 5.40. The summed E-state index contributed by atoms with van der Waals surface area (Å²) in [6, 6.07) is 1.33. The number of halogens is 3. The number of benzene rings is 1. The number of hydrogen-bond acceptors (Lipinski definition) is 2. The molecule has 20 heavy (non-hydrogen) atoms. The van der Waals surface area contributed by atoms with Crippen LogP contribution < -0.4 is 5.73 Å². The topological polar surface area (TPSA) is 43.8 Å². The largest absolute Gasteiger partial charge is 0.330 e. The molecule has 2 N–H and O–H groups in total. The van der Waals surface area contributed by atoms with Crippen molar-refractivity contribution in [1.29, 1.82) is 0 Å². The molecule has 0 aliphatic carbocycles. The molecule has 1 aromatic carbocycles. The van der Waals surface area contributed by atoms with Crippen molar-refractivity contribution >= 4 is 0 Å². The molecule has 0 aliphatic heterocycles. The molecule has 0 aliphatic rings. The highest BCUT2D eigenvalue weighted by atomic mass is 19.2. The van der Waals surface area contributed by atoms with Crippen LogP contribution in [-0.2, 0) is 0 Å². The van der Waals surface area contributed by atoms with E-state index in [9.17, 15) is 13.2 Å². The Labute approximate surface area is 115 Å². The van der Waals surface area contributed by atoms with Crippen molar-refractivity contribution in [3.8, 4) is 5.69 Å². The Morgan fingerprint density at radius 2 is 1.75 bits per heavy atom. The Morgan fingerprint density at radius 1 is 1.15 bits per heavy atom. The Hall–Kier alpha value is -1.82. The van der Waals surface area contributed by atoms with Crippen molar-refractivity contribution in [2.75, 3.05) is 6.54 Å². The van der Waals surface area contributed by atoms with Gasteiger partial charge < -0.3 is 5.73 Å². The lowest BCUT2D eigenvalue weighted by Gasteiger charge is -2.10. The molecule has 0 bridgehead atoms. The molecule has 1 atom stereocenters. The van der Waals surface area contributed by atoms with E-state index in [4.69, 9.17) is 5.73 Å². The number of rotatable bonds is 3. The average Bonchev–Trinajstić information content (AvgIpc) is 2.68. The number of aryl methyl sites for hydroxylation is 1. The van der Waals surface area contributed by atoms with E-state index < -0.39 is 17.5 Å². The molecular formula is C14H16F3N3. The predicted molar refractivity (Wildman–Crippen MR) is 70.4 cm³/mol. The van der Waals surface area contributed by atoms with Crippen molar-refractivity contribution in [3.05, 3.63) is 46.5 Å². The third-order valence-electron chi connectivity index (χ3n) is 3.41. The van der Waals surface area contributed by atoms with Crippen LogP contribution >= 0.6 is 0 Å². The van der Waals surface area contributed by atoms with Crippen LogP contribution in [0.15, 0.2) is 12.1 Å². The van der Waals surface area contributed by atoms with Gasteiger partial charge in [-0.05, 0) is 26.3 Å². The molecular weight excluding hydrogens is 267 g/mol. The molecule has 0 spiro atoms. The van der Waals surface area contributed by atoms with E-state index in [1.165, 1.54) is 4.68 Å². The highest BCUT2D eigenvalue weighted by Gasteiger charge is 2.20. The molecule has 1 aromatic heterocycles. The van der Waals surface area contributed by atoms with Crippen molar-refractivity contribution in [3.63, 3.8) is 0 Å². The molecule has 0 fully saturated rings. The van der Waals surface area contributed by atoms with Crippen LogP contribution in [0.4, 0.5) is 13.2 Å². The summed E-state index contributed by atoms with van der Waals surface area (Å²) >= 11 is 0. The lowest BCUT2D eigenvalue weighted by atomic mass is 9.99. The van der Waals surface area contributed by atoms with Crippen LogP contribution in [0.1, 0.15) is 29.8 Å². The normalized spacial score (nSPS) is 12.8. The van der Waals surface area contributed by atoms with Gasteiger partial charge in [0.1, 0.15) is 5.69 Å². The van der Waals surface area contributed by atoms with E-state index in [1.54, 1.807) is 13.8 Å². The van der Waals surface area contributed by atoms with E-state index in [0.717, 1.165) is 11.6 Å². The van der Waals surface area contributed by atoms with Gasteiger partial charge in [-0.1, -0.05) is 6.92 Å². The minimum Gasteiger partial charge on any atom is -0.330 e. The molecule has 0 radical (unpaired) electrons. The summed E-state index contributed by atoms with van der Waals surface area (Å²) in [7, 11) is 0. The van der Waals surface area contributed by atoms with Gasteiger partial charge in [0, 0.05) is 23.4 Å². The maximum absolute atomic E-state index is 13.8. The molecule has 3 nitrogen and oxygen atoms in total. The van der Waals surface area contributed by atoms with Crippen LogP contribution in [0.5, 0.6) is 0 Å². The van der Waals surface area contributed by atoms with Crippen LogP contribution in [0.25, 0.3) is 5.69 Å². The van der Waals surface area contributed by atoms with Gasteiger partial charge in [-0.15, -0.1) is 0 Å².